The first-order valence-corrected chi connectivity index (χ1v) is 6.25. The topological polar surface area (TPSA) is 35.6 Å². The number of hydrogen-bond donors (Lipinski definition) is 1. The third-order valence-corrected chi connectivity index (χ3v) is 3.44. The normalized spacial score (nSPS) is 19.8. The smallest absolute Gasteiger partial charge is 0.239 e. The van der Waals surface area contributed by atoms with Crippen LogP contribution in [0.4, 0.5) is 0 Å². The molecule has 1 fully saturated rings. The van der Waals surface area contributed by atoms with E-state index in [0.717, 1.165) is 32.5 Å². The summed E-state index contributed by atoms with van der Waals surface area (Å²) >= 11 is 0. The molecule has 1 heterocycles. The highest BCUT2D eigenvalue weighted by atomic mass is 16.2. The Hall–Kier alpha value is -0.610. The van der Waals surface area contributed by atoms with Gasteiger partial charge in [-0.15, -0.1) is 0 Å². The summed E-state index contributed by atoms with van der Waals surface area (Å²) in [5.74, 6) is 0.209. The van der Waals surface area contributed by atoms with Gasteiger partial charge in [0.05, 0.1) is 6.04 Å². The van der Waals surface area contributed by atoms with Gasteiger partial charge in [-0.2, -0.15) is 0 Å². The van der Waals surface area contributed by atoms with E-state index in [1.54, 1.807) is 4.90 Å². The van der Waals surface area contributed by atoms with Crippen molar-refractivity contribution in [2.75, 3.05) is 33.7 Å². The molecule has 1 amide bonds. The largest absolute Gasteiger partial charge is 0.347 e. The molecule has 94 valence electrons. The molecule has 1 saturated heterocycles. The van der Waals surface area contributed by atoms with Crippen molar-refractivity contribution in [2.24, 2.45) is 0 Å². The van der Waals surface area contributed by atoms with Crippen molar-refractivity contribution in [3.8, 4) is 0 Å². The Morgan fingerprint density at radius 1 is 1.38 bits per heavy atom. The quantitative estimate of drug-likeness (QED) is 0.761. The maximum atomic E-state index is 12.0. The zero-order valence-corrected chi connectivity index (χ0v) is 11.0. The monoisotopic (exact) mass is 227 g/mol. The molecule has 0 aromatic carbocycles. The highest BCUT2D eigenvalue weighted by Crippen LogP contribution is 2.15. The fourth-order valence-corrected chi connectivity index (χ4v) is 2.50. The summed E-state index contributed by atoms with van der Waals surface area (Å²) < 4.78 is 0. The Labute approximate surface area is 99.0 Å². The molecular formula is C12H25N3O. The van der Waals surface area contributed by atoms with Gasteiger partial charge in [-0.1, -0.05) is 6.92 Å². The molecule has 0 aromatic rings. The molecule has 4 heteroatoms. The lowest BCUT2D eigenvalue weighted by Gasteiger charge is -2.38. The van der Waals surface area contributed by atoms with Gasteiger partial charge in [0.25, 0.3) is 0 Å². The van der Waals surface area contributed by atoms with Crippen LogP contribution in [0.2, 0.25) is 0 Å². The first-order chi connectivity index (χ1) is 7.57. The van der Waals surface area contributed by atoms with Crippen LogP contribution in [-0.2, 0) is 4.79 Å². The Morgan fingerprint density at radius 3 is 2.38 bits per heavy atom. The zero-order chi connectivity index (χ0) is 12.1. The molecule has 0 saturated carbocycles. The minimum atomic E-state index is 0.00287. The van der Waals surface area contributed by atoms with Crippen LogP contribution in [0, 0.1) is 0 Å². The summed E-state index contributed by atoms with van der Waals surface area (Å²) in [6, 6.07) is 0.563. The number of carbonyl (C=O) groups is 1. The minimum absolute atomic E-state index is 0.00287. The van der Waals surface area contributed by atoms with Crippen LogP contribution in [0.5, 0.6) is 0 Å². The molecule has 0 bridgehead atoms. The van der Waals surface area contributed by atoms with Gasteiger partial charge >= 0.3 is 0 Å². The number of likely N-dealkylation sites (N-methyl/N-ethyl adjacent to an activating group) is 2. The number of rotatable bonds is 4. The van der Waals surface area contributed by atoms with Gasteiger partial charge < -0.3 is 10.2 Å². The number of piperidine rings is 1. The van der Waals surface area contributed by atoms with Gasteiger partial charge in [0.2, 0.25) is 5.91 Å². The highest BCUT2D eigenvalue weighted by molar-refractivity contribution is 5.80. The van der Waals surface area contributed by atoms with Crippen molar-refractivity contribution < 1.29 is 4.79 Å². The van der Waals surface area contributed by atoms with E-state index in [1.807, 2.05) is 21.0 Å². The van der Waals surface area contributed by atoms with Crippen LogP contribution < -0.4 is 5.32 Å². The molecule has 1 aliphatic rings. The number of carbonyl (C=O) groups excluding carboxylic acids is 1. The predicted octanol–water partition coefficient (Wildman–Crippen LogP) is 0.537. The van der Waals surface area contributed by atoms with Crippen molar-refractivity contribution in [3.05, 3.63) is 0 Å². The van der Waals surface area contributed by atoms with E-state index < -0.39 is 0 Å². The van der Waals surface area contributed by atoms with Gasteiger partial charge in [0.15, 0.2) is 0 Å². The maximum absolute atomic E-state index is 12.0. The second-order valence-corrected chi connectivity index (χ2v) is 4.72. The first kappa shape index (κ1) is 13.5. The van der Waals surface area contributed by atoms with Crippen LogP contribution in [0.3, 0.4) is 0 Å². The van der Waals surface area contributed by atoms with Crippen LogP contribution in [0.15, 0.2) is 0 Å². The Balaban J connectivity index is 2.61. The second-order valence-electron chi connectivity index (χ2n) is 4.72. The Bertz CT molecular complexity index is 224. The molecule has 1 atom stereocenters. The third kappa shape index (κ3) is 3.19. The lowest BCUT2D eigenvalue weighted by atomic mass is 10.0. The molecule has 0 spiro atoms. The van der Waals surface area contributed by atoms with Crippen LogP contribution >= 0.6 is 0 Å². The second kappa shape index (κ2) is 6.21. The lowest BCUT2D eigenvalue weighted by Crippen LogP contribution is -2.52. The van der Waals surface area contributed by atoms with Crippen molar-refractivity contribution in [3.63, 3.8) is 0 Å². The van der Waals surface area contributed by atoms with Crippen molar-refractivity contribution in [1.82, 2.24) is 15.1 Å². The van der Waals surface area contributed by atoms with Gasteiger partial charge in [0, 0.05) is 20.1 Å². The number of hydrogen-bond acceptors (Lipinski definition) is 3. The predicted molar refractivity (Wildman–Crippen MR) is 66.4 cm³/mol. The van der Waals surface area contributed by atoms with Crippen LogP contribution in [0.1, 0.15) is 26.7 Å². The van der Waals surface area contributed by atoms with E-state index in [9.17, 15) is 4.79 Å². The van der Waals surface area contributed by atoms with Crippen LogP contribution in [-0.4, -0.2) is 61.5 Å². The summed E-state index contributed by atoms with van der Waals surface area (Å²) in [5.41, 5.74) is 0. The van der Waals surface area contributed by atoms with Crippen LogP contribution in [0.25, 0.3) is 0 Å². The molecule has 1 rings (SSSR count). The van der Waals surface area contributed by atoms with E-state index >= 15 is 0 Å². The van der Waals surface area contributed by atoms with E-state index in [2.05, 4.69) is 17.1 Å². The molecule has 0 radical (unpaired) electrons. The van der Waals surface area contributed by atoms with Gasteiger partial charge in [-0.05, 0) is 39.4 Å². The van der Waals surface area contributed by atoms with E-state index in [0.29, 0.717) is 6.04 Å². The Morgan fingerprint density at radius 2 is 1.94 bits per heavy atom. The molecule has 1 unspecified atom stereocenters. The molecule has 4 nitrogen and oxygen atoms in total. The summed E-state index contributed by atoms with van der Waals surface area (Å²) in [6.45, 7) is 7.26. The van der Waals surface area contributed by atoms with Gasteiger partial charge in [-0.25, -0.2) is 0 Å². The number of nitrogens with one attached hydrogen (secondary N) is 1. The zero-order valence-electron chi connectivity index (χ0n) is 11.0. The van der Waals surface area contributed by atoms with Gasteiger partial charge in [-0.3, -0.25) is 9.69 Å². The van der Waals surface area contributed by atoms with Crippen molar-refractivity contribution in [2.45, 2.75) is 38.8 Å². The van der Waals surface area contributed by atoms with E-state index in [4.69, 9.17) is 0 Å². The summed E-state index contributed by atoms with van der Waals surface area (Å²) in [4.78, 5) is 16.0. The molecule has 16 heavy (non-hydrogen) atoms. The van der Waals surface area contributed by atoms with Gasteiger partial charge in [0.1, 0.15) is 0 Å². The minimum Gasteiger partial charge on any atom is -0.347 e. The van der Waals surface area contributed by atoms with E-state index in [1.165, 1.54) is 0 Å². The Kier molecular flexibility index (Phi) is 5.22. The summed E-state index contributed by atoms with van der Waals surface area (Å²) in [7, 11) is 3.66. The fourth-order valence-electron chi connectivity index (χ4n) is 2.50. The summed E-state index contributed by atoms with van der Waals surface area (Å²) in [5, 5.41) is 3.36. The highest BCUT2D eigenvalue weighted by Gasteiger charge is 2.28. The van der Waals surface area contributed by atoms with Crippen molar-refractivity contribution in [1.29, 1.82) is 0 Å². The summed E-state index contributed by atoms with van der Waals surface area (Å²) in [6.07, 6.45) is 2.30. The SMILES string of the molecule is CCN(C1CCNCC1)C(C)C(=O)N(C)C. The standard InChI is InChI=1S/C12H25N3O/c1-5-15(10(2)12(16)14(3)4)11-6-8-13-9-7-11/h10-11,13H,5-9H2,1-4H3. The molecule has 1 N–H and O–H groups in total. The average molecular weight is 227 g/mol. The third-order valence-electron chi connectivity index (χ3n) is 3.44. The molecule has 0 aromatic heterocycles. The molecule has 0 aliphatic carbocycles. The average Bonchev–Trinajstić information content (AvgIpc) is 2.30. The van der Waals surface area contributed by atoms with E-state index in [-0.39, 0.29) is 11.9 Å². The lowest BCUT2D eigenvalue weighted by molar-refractivity contribution is -0.134. The first-order valence-electron chi connectivity index (χ1n) is 6.25. The number of nitrogens with zero attached hydrogens (tertiary/aromatic N) is 2. The molecular weight excluding hydrogens is 202 g/mol. The fraction of sp³-hybridized carbons (Fsp3) is 0.917. The molecule has 1 aliphatic heterocycles. The number of amides is 1. The maximum Gasteiger partial charge on any atom is 0.239 e. The van der Waals surface area contributed by atoms with Crippen molar-refractivity contribution >= 4 is 5.91 Å².